The number of ether oxygens (including phenoxy) is 2. The average molecular weight is 392 g/mol. The van der Waals surface area contributed by atoms with Gasteiger partial charge in [-0.05, 0) is 30.7 Å². The zero-order chi connectivity index (χ0) is 20.0. The van der Waals surface area contributed by atoms with E-state index in [0.717, 1.165) is 11.8 Å². The summed E-state index contributed by atoms with van der Waals surface area (Å²) in [4.78, 5) is 12.4. The van der Waals surface area contributed by atoms with Gasteiger partial charge >= 0.3 is 0 Å². The number of carbonyl (C=O) groups excluding carboxylic acids is 1. The van der Waals surface area contributed by atoms with E-state index in [1.165, 1.54) is 18.5 Å². The maximum absolute atomic E-state index is 12.4. The molecule has 0 spiro atoms. The number of hydrogen-bond donors (Lipinski definition) is 1. The fraction of sp³-hybridized carbons (Fsp3) is 0.316. The number of nitrogens with zero attached hydrogens (tertiary/aromatic N) is 1. The molecule has 0 aromatic heterocycles. The summed E-state index contributed by atoms with van der Waals surface area (Å²) in [5.74, 6) is 0.653. The topological polar surface area (TPSA) is 84.9 Å². The van der Waals surface area contributed by atoms with Crippen LogP contribution in [0.3, 0.4) is 0 Å². The molecule has 27 heavy (non-hydrogen) atoms. The summed E-state index contributed by atoms with van der Waals surface area (Å²) < 4.78 is 36.0. The van der Waals surface area contributed by atoms with Gasteiger partial charge in [0.25, 0.3) is 5.91 Å². The largest absolute Gasteiger partial charge is 0.497 e. The van der Waals surface area contributed by atoms with Crippen LogP contribution in [0.5, 0.6) is 11.5 Å². The van der Waals surface area contributed by atoms with Crippen LogP contribution >= 0.6 is 0 Å². The van der Waals surface area contributed by atoms with E-state index in [2.05, 4.69) is 5.32 Å². The molecule has 0 unspecified atom stereocenters. The summed E-state index contributed by atoms with van der Waals surface area (Å²) in [7, 11) is -0.477. The minimum Gasteiger partial charge on any atom is -0.497 e. The predicted octanol–water partition coefficient (Wildman–Crippen LogP) is 2.21. The number of amides is 1. The van der Waals surface area contributed by atoms with Gasteiger partial charge in [0.2, 0.25) is 10.0 Å². The van der Waals surface area contributed by atoms with Gasteiger partial charge in [-0.25, -0.2) is 8.42 Å². The molecule has 0 aliphatic heterocycles. The number of rotatable bonds is 8. The van der Waals surface area contributed by atoms with E-state index in [9.17, 15) is 13.2 Å². The Hall–Kier alpha value is -2.74. The molecule has 0 aliphatic rings. The number of hydrogen-bond acceptors (Lipinski definition) is 5. The van der Waals surface area contributed by atoms with Crippen molar-refractivity contribution in [1.82, 2.24) is 5.32 Å². The molecule has 1 amide bonds. The summed E-state index contributed by atoms with van der Waals surface area (Å²) in [6.07, 6.45) is 1.15. The third-order valence-corrected chi connectivity index (χ3v) is 5.18. The van der Waals surface area contributed by atoms with Crippen LogP contribution in [0.2, 0.25) is 0 Å². The van der Waals surface area contributed by atoms with Crippen LogP contribution in [0.1, 0.15) is 15.9 Å². The highest BCUT2D eigenvalue weighted by Crippen LogP contribution is 2.23. The Bertz CT molecular complexity index is 890. The van der Waals surface area contributed by atoms with Crippen LogP contribution < -0.4 is 19.1 Å². The molecule has 1 N–H and O–H groups in total. The Kier molecular flexibility index (Phi) is 6.68. The van der Waals surface area contributed by atoms with Crippen LogP contribution in [0.15, 0.2) is 42.5 Å². The Labute approximate surface area is 160 Å². The molecule has 2 rings (SSSR count). The summed E-state index contributed by atoms with van der Waals surface area (Å²) >= 11 is 0. The highest BCUT2D eigenvalue weighted by Gasteiger charge is 2.19. The number of anilines is 1. The van der Waals surface area contributed by atoms with Gasteiger partial charge < -0.3 is 14.8 Å². The normalized spacial score (nSPS) is 11.0. The van der Waals surface area contributed by atoms with Gasteiger partial charge in [-0.3, -0.25) is 9.10 Å². The van der Waals surface area contributed by atoms with E-state index in [4.69, 9.17) is 9.47 Å². The van der Waals surface area contributed by atoms with E-state index in [1.54, 1.807) is 30.3 Å². The molecule has 0 aliphatic carbocycles. The van der Waals surface area contributed by atoms with Gasteiger partial charge in [-0.1, -0.05) is 18.2 Å². The van der Waals surface area contributed by atoms with Crippen molar-refractivity contribution in [3.63, 3.8) is 0 Å². The van der Waals surface area contributed by atoms with Gasteiger partial charge in [-0.15, -0.1) is 0 Å². The smallest absolute Gasteiger partial charge is 0.251 e. The number of methoxy groups -OCH3 is 2. The van der Waals surface area contributed by atoms with Crippen molar-refractivity contribution >= 4 is 21.6 Å². The molecule has 2 aromatic carbocycles. The minimum absolute atomic E-state index is 0.122. The zero-order valence-corrected chi connectivity index (χ0v) is 16.7. The molecule has 0 heterocycles. The van der Waals surface area contributed by atoms with Crippen molar-refractivity contribution in [2.45, 2.75) is 6.92 Å². The second kappa shape index (κ2) is 8.77. The average Bonchev–Trinajstić information content (AvgIpc) is 2.64. The lowest BCUT2D eigenvalue weighted by molar-refractivity contribution is 0.0954. The Morgan fingerprint density at radius 2 is 1.67 bits per heavy atom. The highest BCUT2D eigenvalue weighted by molar-refractivity contribution is 7.92. The van der Waals surface area contributed by atoms with Crippen molar-refractivity contribution < 1.29 is 22.7 Å². The third kappa shape index (κ3) is 5.37. The highest BCUT2D eigenvalue weighted by atomic mass is 32.2. The third-order valence-electron chi connectivity index (χ3n) is 4.00. The van der Waals surface area contributed by atoms with E-state index < -0.39 is 10.0 Å². The number of nitrogens with one attached hydrogen (secondary N) is 1. The van der Waals surface area contributed by atoms with Crippen molar-refractivity contribution in [2.24, 2.45) is 0 Å². The van der Waals surface area contributed by atoms with E-state index in [-0.39, 0.29) is 19.0 Å². The fourth-order valence-electron chi connectivity index (χ4n) is 2.62. The molecule has 0 radical (unpaired) electrons. The number of sulfonamides is 1. The number of benzene rings is 2. The molecule has 8 heteroatoms. The molecular weight excluding hydrogens is 368 g/mol. The van der Waals surface area contributed by atoms with E-state index in [0.29, 0.717) is 22.7 Å². The Morgan fingerprint density at radius 3 is 2.19 bits per heavy atom. The lowest BCUT2D eigenvalue weighted by Gasteiger charge is -2.24. The molecule has 7 nitrogen and oxygen atoms in total. The van der Waals surface area contributed by atoms with Crippen LogP contribution in [-0.2, 0) is 10.0 Å². The second-order valence-electron chi connectivity index (χ2n) is 5.98. The SMILES string of the molecule is COc1cc(OC)cc(C(=O)NCCN(c2ccccc2C)S(C)(=O)=O)c1. The maximum atomic E-state index is 12.4. The molecule has 146 valence electrons. The van der Waals surface area contributed by atoms with Crippen LogP contribution in [0, 0.1) is 6.92 Å². The van der Waals surface area contributed by atoms with Gasteiger partial charge in [0.15, 0.2) is 0 Å². The van der Waals surface area contributed by atoms with Gasteiger partial charge in [0, 0.05) is 18.2 Å². The van der Waals surface area contributed by atoms with Gasteiger partial charge in [0.1, 0.15) is 11.5 Å². The monoisotopic (exact) mass is 392 g/mol. The first kappa shape index (κ1) is 20.6. The molecule has 0 fully saturated rings. The molecular formula is C19H24N2O5S. The minimum atomic E-state index is -3.48. The lowest BCUT2D eigenvalue weighted by Crippen LogP contribution is -2.38. The fourth-order valence-corrected chi connectivity index (χ4v) is 3.60. The summed E-state index contributed by atoms with van der Waals surface area (Å²) in [6.45, 7) is 2.12. The Morgan fingerprint density at radius 1 is 1.07 bits per heavy atom. The molecule has 2 aromatic rings. The van der Waals surface area contributed by atoms with E-state index >= 15 is 0 Å². The summed E-state index contributed by atoms with van der Waals surface area (Å²) in [5.41, 5.74) is 1.80. The van der Waals surface area contributed by atoms with E-state index in [1.807, 2.05) is 19.1 Å². The second-order valence-corrected chi connectivity index (χ2v) is 7.89. The van der Waals surface area contributed by atoms with Crippen molar-refractivity contribution in [2.75, 3.05) is 37.9 Å². The predicted molar refractivity (Wildman–Crippen MR) is 105 cm³/mol. The molecule has 0 bridgehead atoms. The number of aryl methyl sites for hydroxylation is 1. The van der Waals surface area contributed by atoms with Crippen molar-refractivity contribution in [3.05, 3.63) is 53.6 Å². The molecule has 0 atom stereocenters. The first-order chi connectivity index (χ1) is 12.8. The first-order valence-electron chi connectivity index (χ1n) is 8.31. The van der Waals surface area contributed by atoms with Crippen LogP contribution in [0.25, 0.3) is 0 Å². The van der Waals surface area contributed by atoms with Gasteiger partial charge in [-0.2, -0.15) is 0 Å². The number of carbonyl (C=O) groups is 1. The van der Waals surface area contributed by atoms with Crippen molar-refractivity contribution in [1.29, 1.82) is 0 Å². The zero-order valence-electron chi connectivity index (χ0n) is 15.9. The lowest BCUT2D eigenvalue weighted by atomic mass is 10.2. The van der Waals surface area contributed by atoms with Crippen molar-refractivity contribution in [3.8, 4) is 11.5 Å². The van der Waals surface area contributed by atoms with Crippen LogP contribution in [0.4, 0.5) is 5.69 Å². The quantitative estimate of drug-likeness (QED) is 0.745. The Balaban J connectivity index is 2.11. The standard InChI is InChI=1S/C19H24N2O5S/c1-14-7-5-6-8-18(14)21(27(4,23)24)10-9-20-19(22)15-11-16(25-2)13-17(12-15)26-3/h5-8,11-13H,9-10H2,1-4H3,(H,20,22). The first-order valence-corrected chi connectivity index (χ1v) is 10.2. The van der Waals surface area contributed by atoms with Gasteiger partial charge in [0.05, 0.1) is 32.7 Å². The molecule has 0 saturated heterocycles. The maximum Gasteiger partial charge on any atom is 0.251 e. The summed E-state index contributed by atoms with van der Waals surface area (Å²) in [5, 5.41) is 2.74. The molecule has 0 saturated carbocycles. The van der Waals surface area contributed by atoms with Crippen LogP contribution in [-0.4, -0.2) is 47.9 Å². The number of para-hydroxylation sites is 1. The summed E-state index contributed by atoms with van der Waals surface area (Å²) in [6, 6.07) is 12.1.